The van der Waals surface area contributed by atoms with E-state index in [0.717, 1.165) is 0 Å². The lowest BCUT2D eigenvalue weighted by molar-refractivity contribution is -0.184. The third kappa shape index (κ3) is 2.96. The van der Waals surface area contributed by atoms with Gasteiger partial charge in [-0.1, -0.05) is 11.6 Å². The normalized spacial score (nSPS) is 18.3. The summed E-state index contributed by atoms with van der Waals surface area (Å²) in [5.74, 6) is -3.69. The van der Waals surface area contributed by atoms with Gasteiger partial charge in [-0.15, -0.1) is 0 Å². The van der Waals surface area contributed by atoms with Crippen LogP contribution in [0.2, 0.25) is 0 Å². The Kier molecular flexibility index (Phi) is 4.22. The summed E-state index contributed by atoms with van der Waals surface area (Å²) in [5, 5.41) is 20.7. The van der Waals surface area contributed by atoms with Crippen LogP contribution in [-0.4, -0.2) is 45.1 Å². The van der Waals surface area contributed by atoms with Crippen molar-refractivity contribution in [2.45, 2.75) is 25.8 Å². The fraction of sp³-hybridized carbons (Fsp3) is 0.286. The standard InChI is InChI=1S/C14H14N2O6/c1-7-2-3-8(14(20)21)9(6-7)12(18)15-10-4-5-11(17)16(22)13(10)19/h2-3,6,10,22H,4-5H2,1H3,(H,15,18)(H,20,21). The number of imide groups is 1. The van der Waals surface area contributed by atoms with Gasteiger partial charge in [-0.25, -0.2) is 4.79 Å². The van der Waals surface area contributed by atoms with E-state index < -0.39 is 29.7 Å². The summed E-state index contributed by atoms with van der Waals surface area (Å²) in [6, 6.07) is 3.18. The number of hydrogen-bond donors (Lipinski definition) is 3. The minimum absolute atomic E-state index is 0.0250. The second kappa shape index (κ2) is 5.94. The third-order valence-corrected chi connectivity index (χ3v) is 3.35. The zero-order valence-electron chi connectivity index (χ0n) is 11.7. The molecular weight excluding hydrogens is 292 g/mol. The number of carboxylic acids is 1. The highest BCUT2D eigenvalue weighted by atomic mass is 16.5. The van der Waals surface area contributed by atoms with Gasteiger partial charge in [-0.2, -0.15) is 5.06 Å². The molecule has 1 aromatic carbocycles. The molecule has 1 heterocycles. The Hall–Kier alpha value is -2.74. The highest BCUT2D eigenvalue weighted by Crippen LogP contribution is 2.15. The van der Waals surface area contributed by atoms with Crippen LogP contribution in [0.4, 0.5) is 0 Å². The first-order valence-electron chi connectivity index (χ1n) is 6.51. The number of hydroxylamine groups is 2. The molecule has 1 aliphatic rings. The van der Waals surface area contributed by atoms with Crippen molar-refractivity contribution in [2.24, 2.45) is 0 Å². The lowest BCUT2D eigenvalue weighted by Crippen LogP contribution is -2.53. The highest BCUT2D eigenvalue weighted by molar-refractivity contribution is 6.07. The van der Waals surface area contributed by atoms with Crippen LogP contribution in [0.3, 0.4) is 0 Å². The third-order valence-electron chi connectivity index (χ3n) is 3.35. The molecule has 8 nitrogen and oxygen atoms in total. The second-order valence-electron chi connectivity index (χ2n) is 4.96. The number of nitrogens with one attached hydrogen (secondary N) is 1. The van der Waals surface area contributed by atoms with Gasteiger partial charge in [-0.05, 0) is 25.5 Å². The van der Waals surface area contributed by atoms with Gasteiger partial charge in [0.1, 0.15) is 6.04 Å². The number of amides is 3. The summed E-state index contributed by atoms with van der Waals surface area (Å²) >= 11 is 0. The number of aryl methyl sites for hydroxylation is 1. The zero-order valence-corrected chi connectivity index (χ0v) is 11.7. The predicted octanol–water partition coefficient (Wildman–Crippen LogP) is 0.330. The van der Waals surface area contributed by atoms with Gasteiger partial charge in [-0.3, -0.25) is 19.6 Å². The fourth-order valence-electron chi connectivity index (χ4n) is 2.17. The molecule has 1 saturated heterocycles. The number of aromatic carboxylic acids is 1. The molecular formula is C14H14N2O6. The van der Waals surface area contributed by atoms with E-state index in [1.165, 1.54) is 12.1 Å². The van der Waals surface area contributed by atoms with Gasteiger partial charge in [0.2, 0.25) is 0 Å². The lowest BCUT2D eigenvalue weighted by atomic mass is 10.0. The predicted molar refractivity (Wildman–Crippen MR) is 72.3 cm³/mol. The van der Waals surface area contributed by atoms with Gasteiger partial charge in [0.25, 0.3) is 17.7 Å². The van der Waals surface area contributed by atoms with E-state index in [0.29, 0.717) is 5.56 Å². The second-order valence-corrected chi connectivity index (χ2v) is 4.96. The molecule has 3 N–H and O–H groups in total. The summed E-state index contributed by atoms with van der Waals surface area (Å²) in [4.78, 5) is 46.2. The molecule has 0 saturated carbocycles. The number of carboxylic acid groups (broad SMARTS) is 1. The molecule has 2 rings (SSSR count). The number of nitrogens with zero attached hydrogens (tertiary/aromatic N) is 1. The van der Waals surface area contributed by atoms with E-state index in [4.69, 9.17) is 5.11 Å². The molecule has 8 heteroatoms. The van der Waals surface area contributed by atoms with Crippen molar-refractivity contribution in [1.29, 1.82) is 0 Å². The van der Waals surface area contributed by atoms with Crippen LogP contribution in [0.1, 0.15) is 39.1 Å². The summed E-state index contributed by atoms with van der Waals surface area (Å²) in [5.41, 5.74) is 0.411. The van der Waals surface area contributed by atoms with Crippen LogP contribution in [-0.2, 0) is 9.59 Å². The van der Waals surface area contributed by atoms with Crippen molar-refractivity contribution in [2.75, 3.05) is 0 Å². The van der Waals surface area contributed by atoms with Gasteiger partial charge in [0, 0.05) is 6.42 Å². The minimum atomic E-state index is -1.26. The van der Waals surface area contributed by atoms with Gasteiger partial charge in [0.15, 0.2) is 0 Å². The Morgan fingerprint density at radius 2 is 1.95 bits per heavy atom. The van der Waals surface area contributed by atoms with E-state index in [-0.39, 0.29) is 29.0 Å². The maximum atomic E-state index is 12.2. The Labute approximate surface area is 125 Å². The number of benzene rings is 1. The molecule has 116 valence electrons. The zero-order chi connectivity index (χ0) is 16.4. The summed E-state index contributed by atoms with van der Waals surface area (Å²) in [6.45, 7) is 1.70. The molecule has 0 spiro atoms. The maximum absolute atomic E-state index is 12.2. The van der Waals surface area contributed by atoms with Crippen molar-refractivity contribution in [3.05, 3.63) is 34.9 Å². The number of hydrogen-bond acceptors (Lipinski definition) is 5. The monoisotopic (exact) mass is 306 g/mol. The van der Waals surface area contributed by atoms with Crippen LogP contribution >= 0.6 is 0 Å². The fourth-order valence-corrected chi connectivity index (χ4v) is 2.17. The molecule has 0 aliphatic carbocycles. The number of piperidine rings is 1. The van der Waals surface area contributed by atoms with Crippen molar-refractivity contribution in [3.8, 4) is 0 Å². The molecule has 1 fully saturated rings. The lowest BCUT2D eigenvalue weighted by Gasteiger charge is -2.26. The Morgan fingerprint density at radius 1 is 1.27 bits per heavy atom. The average Bonchev–Trinajstić information content (AvgIpc) is 2.47. The number of rotatable bonds is 3. The average molecular weight is 306 g/mol. The number of carbonyl (C=O) groups is 4. The first-order chi connectivity index (χ1) is 10.3. The molecule has 1 unspecified atom stereocenters. The molecule has 3 amide bonds. The SMILES string of the molecule is Cc1ccc(C(=O)O)c(C(=O)NC2CCC(=O)N(O)C2=O)c1. The van der Waals surface area contributed by atoms with Crippen molar-refractivity contribution < 1.29 is 29.5 Å². The van der Waals surface area contributed by atoms with E-state index >= 15 is 0 Å². The summed E-state index contributed by atoms with van der Waals surface area (Å²) < 4.78 is 0. The van der Waals surface area contributed by atoms with Crippen LogP contribution in [0.5, 0.6) is 0 Å². The highest BCUT2D eigenvalue weighted by Gasteiger charge is 2.35. The van der Waals surface area contributed by atoms with E-state index in [1.54, 1.807) is 13.0 Å². The van der Waals surface area contributed by atoms with Gasteiger partial charge >= 0.3 is 5.97 Å². The molecule has 0 bridgehead atoms. The van der Waals surface area contributed by atoms with Crippen LogP contribution < -0.4 is 5.32 Å². The van der Waals surface area contributed by atoms with E-state index in [9.17, 15) is 24.4 Å². The van der Waals surface area contributed by atoms with E-state index in [2.05, 4.69) is 5.32 Å². The van der Waals surface area contributed by atoms with Crippen molar-refractivity contribution >= 4 is 23.7 Å². The largest absolute Gasteiger partial charge is 0.478 e. The summed E-state index contributed by atoms with van der Waals surface area (Å²) in [7, 11) is 0. The van der Waals surface area contributed by atoms with Gasteiger partial charge < -0.3 is 10.4 Å². The van der Waals surface area contributed by atoms with Crippen molar-refractivity contribution in [3.63, 3.8) is 0 Å². The molecule has 0 aromatic heterocycles. The van der Waals surface area contributed by atoms with Crippen LogP contribution in [0.25, 0.3) is 0 Å². The first kappa shape index (κ1) is 15.6. The molecule has 1 aliphatic heterocycles. The minimum Gasteiger partial charge on any atom is -0.478 e. The molecule has 1 aromatic rings. The Balaban J connectivity index is 2.23. The number of carbonyl (C=O) groups excluding carboxylic acids is 3. The van der Waals surface area contributed by atoms with Crippen LogP contribution in [0.15, 0.2) is 18.2 Å². The van der Waals surface area contributed by atoms with Crippen molar-refractivity contribution in [1.82, 2.24) is 10.4 Å². The smallest absolute Gasteiger partial charge is 0.336 e. The van der Waals surface area contributed by atoms with E-state index in [1.807, 2.05) is 0 Å². The molecule has 1 atom stereocenters. The topological polar surface area (TPSA) is 124 Å². The van der Waals surface area contributed by atoms with Gasteiger partial charge in [0.05, 0.1) is 11.1 Å². The quantitative estimate of drug-likeness (QED) is 0.546. The Morgan fingerprint density at radius 3 is 2.59 bits per heavy atom. The molecule has 22 heavy (non-hydrogen) atoms. The summed E-state index contributed by atoms with van der Waals surface area (Å²) in [6.07, 6.45) is -0.0402. The molecule has 0 radical (unpaired) electrons. The Bertz CT molecular complexity index is 669. The maximum Gasteiger partial charge on any atom is 0.336 e. The van der Waals surface area contributed by atoms with Crippen LogP contribution in [0, 0.1) is 6.92 Å². The first-order valence-corrected chi connectivity index (χ1v) is 6.51.